The van der Waals surface area contributed by atoms with Crippen LogP contribution in [-0.4, -0.2) is 72.3 Å². The summed E-state index contributed by atoms with van der Waals surface area (Å²) in [6.07, 6.45) is -29.3. The molecular formula is C16H14F12O7S. The molecule has 0 spiro atoms. The Morgan fingerprint density at radius 1 is 0.611 bits per heavy atom. The average Bonchev–Trinajstić information content (AvgIpc) is 2.63. The molecule has 3 N–H and O–H groups in total. The third-order valence-electron chi connectivity index (χ3n) is 4.49. The summed E-state index contributed by atoms with van der Waals surface area (Å²) in [5.74, 6) is -1.96. The van der Waals surface area contributed by atoms with Gasteiger partial charge in [0.25, 0.3) is 21.3 Å². The fraction of sp³-hybridized carbons (Fsp3) is 0.625. The normalized spacial score (nSPS) is 14.6. The molecule has 1 aromatic rings. The zero-order valence-corrected chi connectivity index (χ0v) is 17.8. The second-order valence-electron chi connectivity index (χ2n) is 7.02. The molecule has 0 unspecified atom stereocenters. The van der Waals surface area contributed by atoms with Crippen LogP contribution in [0.2, 0.25) is 0 Å². The summed E-state index contributed by atoms with van der Waals surface area (Å²) in [6.45, 7) is -3.21. The van der Waals surface area contributed by atoms with E-state index in [-0.39, 0.29) is 0 Å². The topological polar surface area (TPSA) is 113 Å². The number of hydrogen-bond acceptors (Lipinski definition) is 6. The van der Waals surface area contributed by atoms with Gasteiger partial charge in [-0.2, -0.15) is 61.1 Å². The Morgan fingerprint density at radius 3 is 1.11 bits per heavy atom. The summed E-state index contributed by atoms with van der Waals surface area (Å²) in [5.41, 5.74) is -10.5. The van der Waals surface area contributed by atoms with Crippen molar-refractivity contribution >= 4 is 10.1 Å². The minimum atomic E-state index is -6.23. The fourth-order valence-electron chi connectivity index (χ4n) is 2.38. The fourth-order valence-corrected chi connectivity index (χ4v) is 2.91. The van der Waals surface area contributed by atoms with Crippen LogP contribution >= 0.6 is 0 Å². The first-order valence-electron chi connectivity index (χ1n) is 8.86. The van der Waals surface area contributed by atoms with Crippen LogP contribution in [0.3, 0.4) is 0 Å². The van der Waals surface area contributed by atoms with Crippen LogP contribution in [0, 0.1) is 0 Å². The lowest BCUT2D eigenvalue weighted by molar-refractivity contribution is -0.371. The predicted molar refractivity (Wildman–Crippen MR) is 90.6 cm³/mol. The van der Waals surface area contributed by atoms with Crippen LogP contribution < -0.4 is 9.47 Å². The Balaban J connectivity index is 3.16. The van der Waals surface area contributed by atoms with Gasteiger partial charge in [0.2, 0.25) is 0 Å². The van der Waals surface area contributed by atoms with Gasteiger partial charge in [-0.25, -0.2) is 0 Å². The maximum Gasteiger partial charge on any atom is 0.426 e. The summed E-state index contributed by atoms with van der Waals surface area (Å²) < 4.78 is 193. The summed E-state index contributed by atoms with van der Waals surface area (Å²) in [7, 11) is -5.23. The predicted octanol–water partition coefficient (Wildman–Crippen LogP) is 4.18. The molecule has 0 saturated heterocycles. The molecule has 36 heavy (non-hydrogen) atoms. The van der Waals surface area contributed by atoms with Gasteiger partial charge in [0.15, 0.2) is 0 Å². The first-order valence-corrected chi connectivity index (χ1v) is 10.3. The van der Waals surface area contributed by atoms with E-state index < -0.39 is 88.5 Å². The highest BCUT2D eigenvalue weighted by molar-refractivity contribution is 7.85. The molecule has 0 radical (unpaired) electrons. The van der Waals surface area contributed by atoms with Crippen molar-refractivity contribution in [2.24, 2.45) is 0 Å². The highest BCUT2D eigenvalue weighted by Gasteiger charge is 2.70. The Hall–Kier alpha value is -2.19. The quantitative estimate of drug-likeness (QED) is 0.298. The average molecular weight is 578 g/mol. The van der Waals surface area contributed by atoms with Crippen molar-refractivity contribution in [1.29, 1.82) is 0 Å². The van der Waals surface area contributed by atoms with Gasteiger partial charge in [-0.1, -0.05) is 0 Å². The van der Waals surface area contributed by atoms with Gasteiger partial charge in [-0.3, -0.25) is 4.55 Å². The molecule has 0 aliphatic heterocycles. The molecule has 0 saturated carbocycles. The molecular weight excluding hydrogens is 564 g/mol. The van der Waals surface area contributed by atoms with Gasteiger partial charge in [-0.05, 0) is 0 Å². The van der Waals surface area contributed by atoms with Crippen molar-refractivity contribution in [3.63, 3.8) is 0 Å². The monoisotopic (exact) mass is 578 g/mol. The van der Waals surface area contributed by atoms with Crippen LogP contribution in [0.4, 0.5) is 52.7 Å². The van der Waals surface area contributed by atoms with E-state index >= 15 is 0 Å². The minimum Gasteiger partial charge on any atom is -0.493 e. The molecule has 0 heterocycles. The first-order chi connectivity index (χ1) is 15.8. The van der Waals surface area contributed by atoms with Crippen molar-refractivity contribution in [1.82, 2.24) is 0 Å². The summed E-state index contributed by atoms with van der Waals surface area (Å²) in [4.78, 5) is -1.24. The molecule has 0 amide bonds. The zero-order valence-electron chi connectivity index (χ0n) is 17.0. The molecule has 1 aromatic carbocycles. The molecule has 0 fully saturated rings. The molecule has 7 nitrogen and oxygen atoms in total. The Labute approximate surface area is 193 Å². The lowest BCUT2D eigenvalue weighted by Crippen LogP contribution is -2.57. The lowest BCUT2D eigenvalue weighted by atomic mass is 9.99. The van der Waals surface area contributed by atoms with Crippen molar-refractivity contribution in [2.45, 2.75) is 53.6 Å². The lowest BCUT2D eigenvalue weighted by Gasteiger charge is -2.32. The Bertz CT molecular complexity index is 922. The van der Waals surface area contributed by atoms with Crippen LogP contribution in [0.15, 0.2) is 23.1 Å². The second kappa shape index (κ2) is 9.93. The van der Waals surface area contributed by atoms with E-state index in [0.717, 1.165) is 0 Å². The molecule has 210 valence electrons. The van der Waals surface area contributed by atoms with Crippen molar-refractivity contribution in [3.05, 3.63) is 18.2 Å². The standard InChI is InChI=1S/C16H14F12O7S/c17-13(18,19)11(29,14(20,21)22)1-3-34-8-5-9(7-10(6-8)36(31,32)33)35-4-2-12(30,15(23,24)25)16(26,27)28/h5-7,29-30H,1-4H2,(H,31,32,33). The zero-order chi connectivity index (χ0) is 28.6. The smallest absolute Gasteiger partial charge is 0.426 e. The van der Waals surface area contributed by atoms with Gasteiger partial charge in [0.1, 0.15) is 16.4 Å². The van der Waals surface area contributed by atoms with Gasteiger partial charge < -0.3 is 19.7 Å². The van der Waals surface area contributed by atoms with Crippen LogP contribution in [0.5, 0.6) is 11.5 Å². The molecule has 20 heteroatoms. The van der Waals surface area contributed by atoms with Gasteiger partial charge >= 0.3 is 24.7 Å². The van der Waals surface area contributed by atoms with E-state index in [1.54, 1.807) is 0 Å². The van der Waals surface area contributed by atoms with E-state index in [1.807, 2.05) is 0 Å². The van der Waals surface area contributed by atoms with Crippen molar-refractivity contribution < 1.29 is 85.3 Å². The molecule has 0 aliphatic rings. The molecule has 0 aromatic heterocycles. The number of hydrogen-bond donors (Lipinski definition) is 3. The number of halogens is 12. The van der Waals surface area contributed by atoms with E-state index in [0.29, 0.717) is 18.2 Å². The molecule has 0 atom stereocenters. The third-order valence-corrected chi connectivity index (χ3v) is 5.32. The van der Waals surface area contributed by atoms with Gasteiger partial charge in [0.05, 0.1) is 13.2 Å². The molecule has 1 rings (SSSR count). The van der Waals surface area contributed by atoms with Crippen LogP contribution in [-0.2, 0) is 10.1 Å². The molecule has 0 bridgehead atoms. The van der Waals surface area contributed by atoms with Crippen LogP contribution in [0.1, 0.15) is 12.8 Å². The third kappa shape index (κ3) is 6.97. The SMILES string of the molecule is O=S(=O)(O)c1cc(OCCC(O)(C(F)(F)F)C(F)(F)F)cc(OCCC(O)(C(F)(F)F)C(F)(F)F)c1. The minimum absolute atomic E-state index is 0.310. The second-order valence-corrected chi connectivity index (χ2v) is 8.45. The number of alkyl halides is 12. The highest BCUT2D eigenvalue weighted by atomic mass is 32.2. The van der Waals surface area contributed by atoms with Gasteiger partial charge in [0, 0.05) is 31.0 Å². The van der Waals surface area contributed by atoms with E-state index in [9.17, 15) is 61.1 Å². The first kappa shape index (κ1) is 31.8. The largest absolute Gasteiger partial charge is 0.493 e. The van der Waals surface area contributed by atoms with E-state index in [2.05, 4.69) is 9.47 Å². The summed E-state index contributed by atoms with van der Waals surface area (Å²) in [6, 6.07) is 1.05. The highest BCUT2D eigenvalue weighted by Crippen LogP contribution is 2.46. The Kier molecular flexibility index (Phi) is 8.79. The van der Waals surface area contributed by atoms with Crippen molar-refractivity contribution in [2.75, 3.05) is 13.2 Å². The van der Waals surface area contributed by atoms with Crippen molar-refractivity contribution in [3.8, 4) is 11.5 Å². The maximum absolute atomic E-state index is 12.7. The van der Waals surface area contributed by atoms with Crippen LogP contribution in [0.25, 0.3) is 0 Å². The number of benzene rings is 1. The number of rotatable bonds is 9. The molecule has 0 aliphatic carbocycles. The van der Waals surface area contributed by atoms with E-state index in [4.69, 9.17) is 14.8 Å². The van der Waals surface area contributed by atoms with Gasteiger partial charge in [-0.15, -0.1) is 0 Å². The van der Waals surface area contributed by atoms with E-state index in [1.165, 1.54) is 0 Å². The maximum atomic E-state index is 12.7. The summed E-state index contributed by atoms with van der Waals surface area (Å²) >= 11 is 0. The summed E-state index contributed by atoms with van der Waals surface area (Å²) in [5, 5.41) is 18.1. The Morgan fingerprint density at radius 2 is 0.889 bits per heavy atom. The number of ether oxygens (including phenoxy) is 2. The number of aliphatic hydroxyl groups is 2.